The Bertz CT molecular complexity index is 639. The Morgan fingerprint density at radius 3 is 2.52 bits per heavy atom. The van der Waals surface area contributed by atoms with E-state index < -0.39 is 0 Å². The third-order valence-corrected chi connectivity index (χ3v) is 3.74. The van der Waals surface area contributed by atoms with E-state index in [9.17, 15) is 0 Å². The standard InChI is InChI=1S/C17H21ClN2O/c1-10(2)14-9-16(11(3)7-15(14)18)21-17-8-13(12(4)19)5-6-20-17/h5-10,12H,19H2,1-4H3. The van der Waals surface area contributed by atoms with Crippen molar-refractivity contribution in [3.05, 3.63) is 52.2 Å². The van der Waals surface area contributed by atoms with Crippen LogP contribution < -0.4 is 10.5 Å². The molecule has 2 N–H and O–H groups in total. The quantitative estimate of drug-likeness (QED) is 0.866. The SMILES string of the molecule is Cc1cc(Cl)c(C(C)C)cc1Oc1cc(C(C)N)ccn1. The molecule has 0 aliphatic rings. The van der Waals surface area contributed by atoms with Gasteiger partial charge in [0.2, 0.25) is 5.88 Å². The Balaban J connectivity index is 2.35. The molecule has 0 saturated heterocycles. The van der Waals surface area contributed by atoms with Crippen LogP contribution >= 0.6 is 11.6 Å². The second kappa shape index (κ2) is 6.46. The molecule has 0 saturated carbocycles. The van der Waals surface area contributed by atoms with Gasteiger partial charge in [0.1, 0.15) is 5.75 Å². The molecule has 1 atom stereocenters. The number of aryl methyl sites for hydroxylation is 1. The van der Waals surface area contributed by atoms with E-state index in [2.05, 4.69) is 18.8 Å². The molecule has 112 valence electrons. The molecule has 1 heterocycles. The van der Waals surface area contributed by atoms with Crippen LogP contribution in [0, 0.1) is 6.92 Å². The van der Waals surface area contributed by atoms with Gasteiger partial charge in [-0.15, -0.1) is 0 Å². The highest BCUT2D eigenvalue weighted by atomic mass is 35.5. The minimum absolute atomic E-state index is 0.0483. The monoisotopic (exact) mass is 304 g/mol. The van der Waals surface area contributed by atoms with E-state index in [1.54, 1.807) is 6.20 Å². The number of hydrogen-bond acceptors (Lipinski definition) is 3. The van der Waals surface area contributed by atoms with E-state index in [1.807, 2.05) is 38.1 Å². The zero-order valence-corrected chi connectivity index (χ0v) is 13.6. The number of ether oxygens (including phenoxy) is 1. The predicted octanol–water partition coefficient (Wildman–Crippen LogP) is 4.98. The van der Waals surface area contributed by atoms with Crippen LogP contribution in [-0.4, -0.2) is 4.98 Å². The van der Waals surface area contributed by atoms with Gasteiger partial charge < -0.3 is 10.5 Å². The minimum Gasteiger partial charge on any atom is -0.439 e. The van der Waals surface area contributed by atoms with Gasteiger partial charge in [0.05, 0.1) is 0 Å². The Labute approximate surface area is 131 Å². The molecule has 1 aromatic heterocycles. The Morgan fingerprint density at radius 1 is 1.19 bits per heavy atom. The fraction of sp³-hybridized carbons (Fsp3) is 0.353. The van der Waals surface area contributed by atoms with Crippen LogP contribution in [0.15, 0.2) is 30.5 Å². The molecule has 1 unspecified atom stereocenters. The van der Waals surface area contributed by atoms with Gasteiger partial charge in [-0.1, -0.05) is 25.4 Å². The lowest BCUT2D eigenvalue weighted by atomic mass is 10.0. The normalized spacial score (nSPS) is 12.5. The fourth-order valence-corrected chi connectivity index (χ4v) is 2.53. The molecule has 0 fully saturated rings. The van der Waals surface area contributed by atoms with Crippen LogP contribution in [-0.2, 0) is 0 Å². The van der Waals surface area contributed by atoms with Crippen molar-refractivity contribution in [2.75, 3.05) is 0 Å². The van der Waals surface area contributed by atoms with Crippen molar-refractivity contribution in [2.45, 2.75) is 39.7 Å². The molecule has 0 aliphatic carbocycles. The number of halogens is 1. The third kappa shape index (κ3) is 3.74. The van der Waals surface area contributed by atoms with Gasteiger partial charge in [0.15, 0.2) is 0 Å². The molecule has 0 amide bonds. The van der Waals surface area contributed by atoms with Crippen LogP contribution in [0.3, 0.4) is 0 Å². The summed E-state index contributed by atoms with van der Waals surface area (Å²) in [4.78, 5) is 4.24. The number of nitrogens with two attached hydrogens (primary N) is 1. The van der Waals surface area contributed by atoms with Gasteiger partial charge in [-0.3, -0.25) is 0 Å². The van der Waals surface area contributed by atoms with Gasteiger partial charge in [-0.05, 0) is 54.7 Å². The van der Waals surface area contributed by atoms with E-state index in [1.165, 1.54) is 0 Å². The highest BCUT2D eigenvalue weighted by molar-refractivity contribution is 6.31. The highest BCUT2D eigenvalue weighted by Crippen LogP contribution is 2.33. The summed E-state index contributed by atoms with van der Waals surface area (Å²) in [6, 6.07) is 7.64. The van der Waals surface area contributed by atoms with Crippen molar-refractivity contribution in [1.82, 2.24) is 4.98 Å². The molecular formula is C17H21ClN2O. The first-order chi connectivity index (χ1) is 9.88. The summed E-state index contributed by atoms with van der Waals surface area (Å²) in [5, 5.41) is 0.771. The van der Waals surface area contributed by atoms with Crippen LogP contribution in [0.2, 0.25) is 5.02 Å². The fourth-order valence-electron chi connectivity index (χ4n) is 2.10. The van der Waals surface area contributed by atoms with Gasteiger partial charge in [-0.2, -0.15) is 0 Å². The lowest BCUT2D eigenvalue weighted by Crippen LogP contribution is -2.05. The van der Waals surface area contributed by atoms with Gasteiger partial charge >= 0.3 is 0 Å². The second-order valence-electron chi connectivity index (χ2n) is 5.61. The number of pyridine rings is 1. The molecule has 0 bridgehead atoms. The summed E-state index contributed by atoms with van der Waals surface area (Å²) >= 11 is 6.28. The predicted molar refractivity (Wildman–Crippen MR) is 87.2 cm³/mol. The molecule has 3 nitrogen and oxygen atoms in total. The van der Waals surface area contributed by atoms with Crippen LogP contribution in [0.1, 0.15) is 49.4 Å². The molecule has 4 heteroatoms. The van der Waals surface area contributed by atoms with E-state index >= 15 is 0 Å². The average Bonchev–Trinajstić information content (AvgIpc) is 2.41. The van der Waals surface area contributed by atoms with Crippen molar-refractivity contribution >= 4 is 11.6 Å². The van der Waals surface area contributed by atoms with Crippen molar-refractivity contribution in [2.24, 2.45) is 5.73 Å². The zero-order valence-electron chi connectivity index (χ0n) is 12.9. The number of hydrogen-bond donors (Lipinski definition) is 1. The third-order valence-electron chi connectivity index (χ3n) is 3.42. The largest absolute Gasteiger partial charge is 0.439 e. The summed E-state index contributed by atoms with van der Waals surface area (Å²) in [6.45, 7) is 8.12. The van der Waals surface area contributed by atoms with Crippen molar-refractivity contribution in [1.29, 1.82) is 0 Å². The van der Waals surface area contributed by atoms with E-state index in [4.69, 9.17) is 22.1 Å². The maximum atomic E-state index is 6.28. The molecule has 0 spiro atoms. The Kier molecular flexibility index (Phi) is 4.86. The highest BCUT2D eigenvalue weighted by Gasteiger charge is 2.12. The topological polar surface area (TPSA) is 48.1 Å². The Hall–Kier alpha value is -1.58. The van der Waals surface area contributed by atoms with Crippen molar-refractivity contribution < 1.29 is 4.74 Å². The average molecular weight is 305 g/mol. The van der Waals surface area contributed by atoms with Crippen molar-refractivity contribution in [3.8, 4) is 11.6 Å². The van der Waals surface area contributed by atoms with E-state index in [0.717, 1.165) is 27.5 Å². The first kappa shape index (κ1) is 15.8. The molecule has 0 aliphatic heterocycles. The lowest BCUT2D eigenvalue weighted by Gasteiger charge is -2.14. The van der Waals surface area contributed by atoms with Crippen molar-refractivity contribution in [3.63, 3.8) is 0 Å². The van der Waals surface area contributed by atoms with Gasteiger partial charge in [0.25, 0.3) is 0 Å². The molecule has 2 rings (SSSR count). The van der Waals surface area contributed by atoms with Crippen LogP contribution in [0.25, 0.3) is 0 Å². The van der Waals surface area contributed by atoms with E-state index in [0.29, 0.717) is 11.8 Å². The molecule has 0 radical (unpaired) electrons. The maximum absolute atomic E-state index is 6.28. The lowest BCUT2D eigenvalue weighted by molar-refractivity contribution is 0.457. The number of aromatic nitrogens is 1. The van der Waals surface area contributed by atoms with Gasteiger partial charge in [0, 0.05) is 23.3 Å². The minimum atomic E-state index is -0.0483. The summed E-state index contributed by atoms with van der Waals surface area (Å²) < 4.78 is 5.92. The molecular weight excluding hydrogens is 284 g/mol. The van der Waals surface area contributed by atoms with Crippen LogP contribution in [0.4, 0.5) is 0 Å². The first-order valence-electron chi connectivity index (χ1n) is 7.08. The molecule has 21 heavy (non-hydrogen) atoms. The van der Waals surface area contributed by atoms with E-state index in [-0.39, 0.29) is 6.04 Å². The summed E-state index contributed by atoms with van der Waals surface area (Å²) in [5.41, 5.74) is 8.94. The maximum Gasteiger partial charge on any atom is 0.219 e. The summed E-state index contributed by atoms with van der Waals surface area (Å²) in [5.74, 6) is 1.66. The number of benzene rings is 1. The summed E-state index contributed by atoms with van der Waals surface area (Å²) in [7, 11) is 0. The molecule has 2 aromatic rings. The number of nitrogens with zero attached hydrogens (tertiary/aromatic N) is 1. The van der Waals surface area contributed by atoms with Gasteiger partial charge in [-0.25, -0.2) is 4.98 Å². The second-order valence-corrected chi connectivity index (χ2v) is 6.02. The Morgan fingerprint density at radius 2 is 1.90 bits per heavy atom. The zero-order chi connectivity index (χ0) is 15.6. The number of rotatable bonds is 4. The smallest absolute Gasteiger partial charge is 0.219 e. The summed E-state index contributed by atoms with van der Waals surface area (Å²) in [6.07, 6.45) is 1.71. The molecule has 1 aromatic carbocycles. The van der Waals surface area contributed by atoms with Crippen LogP contribution in [0.5, 0.6) is 11.6 Å². The first-order valence-corrected chi connectivity index (χ1v) is 7.45.